The summed E-state index contributed by atoms with van der Waals surface area (Å²) in [4.78, 5) is 24.1. The first-order chi connectivity index (χ1) is 10.7. The van der Waals surface area contributed by atoms with Crippen LogP contribution in [0.5, 0.6) is 0 Å². The zero-order chi connectivity index (χ0) is 15.8. The number of hydrogen-bond acceptors (Lipinski definition) is 4. The minimum Gasteiger partial charge on any atom is -0.388 e. The number of aliphatic hydroxyl groups is 1. The molecule has 0 saturated carbocycles. The van der Waals surface area contributed by atoms with Crippen molar-refractivity contribution < 1.29 is 14.7 Å². The van der Waals surface area contributed by atoms with Crippen LogP contribution < -0.4 is 5.32 Å². The van der Waals surface area contributed by atoms with Crippen molar-refractivity contribution in [1.82, 2.24) is 5.32 Å². The van der Waals surface area contributed by atoms with E-state index in [-0.39, 0.29) is 24.5 Å². The summed E-state index contributed by atoms with van der Waals surface area (Å²) in [5, 5.41) is 14.6. The van der Waals surface area contributed by atoms with Gasteiger partial charge >= 0.3 is 0 Å². The van der Waals surface area contributed by atoms with Gasteiger partial charge in [0.15, 0.2) is 5.78 Å². The van der Waals surface area contributed by atoms with E-state index in [2.05, 4.69) is 5.32 Å². The Morgan fingerprint density at radius 1 is 1.09 bits per heavy atom. The molecular weight excluding hydrogens is 298 g/mol. The van der Waals surface area contributed by atoms with E-state index in [0.717, 1.165) is 5.56 Å². The molecule has 0 saturated heterocycles. The standard InChI is InChI=1S/C17H19NO3S/c19-14(13-5-2-1-3-6-13)10-11-18-17(21)9-8-15(20)16-7-4-12-22-16/h1-7,12,14,19H,8-11H2,(H,18,21). The maximum Gasteiger partial charge on any atom is 0.220 e. The first-order valence-corrected chi connectivity index (χ1v) is 8.11. The molecule has 0 aliphatic heterocycles. The SMILES string of the molecule is O=C(CCC(=O)c1cccs1)NCCC(O)c1ccccc1. The molecule has 0 aliphatic rings. The highest BCUT2D eigenvalue weighted by molar-refractivity contribution is 7.12. The molecule has 0 bridgehead atoms. The fourth-order valence-corrected chi connectivity index (χ4v) is 2.76. The van der Waals surface area contributed by atoms with Crippen molar-refractivity contribution in [2.45, 2.75) is 25.4 Å². The van der Waals surface area contributed by atoms with E-state index < -0.39 is 6.10 Å². The number of carbonyl (C=O) groups excluding carboxylic acids is 2. The van der Waals surface area contributed by atoms with E-state index in [1.54, 1.807) is 6.07 Å². The van der Waals surface area contributed by atoms with Crippen molar-refractivity contribution in [2.24, 2.45) is 0 Å². The lowest BCUT2D eigenvalue weighted by atomic mass is 10.1. The number of Topliss-reactive ketones (excluding diaryl/α,β-unsaturated/α-hetero) is 1. The molecule has 4 nitrogen and oxygen atoms in total. The van der Waals surface area contributed by atoms with Gasteiger partial charge in [-0.2, -0.15) is 0 Å². The van der Waals surface area contributed by atoms with Crippen LogP contribution in [0.2, 0.25) is 0 Å². The van der Waals surface area contributed by atoms with Crippen molar-refractivity contribution in [2.75, 3.05) is 6.54 Å². The van der Waals surface area contributed by atoms with Crippen molar-refractivity contribution in [3.8, 4) is 0 Å². The lowest BCUT2D eigenvalue weighted by molar-refractivity contribution is -0.121. The smallest absolute Gasteiger partial charge is 0.220 e. The monoisotopic (exact) mass is 317 g/mol. The normalized spacial score (nSPS) is 11.9. The zero-order valence-electron chi connectivity index (χ0n) is 12.2. The summed E-state index contributed by atoms with van der Waals surface area (Å²) in [5.74, 6) is -0.167. The van der Waals surface area contributed by atoms with E-state index >= 15 is 0 Å². The molecule has 116 valence electrons. The van der Waals surface area contributed by atoms with Crippen LogP contribution in [0.3, 0.4) is 0 Å². The van der Waals surface area contributed by atoms with Gasteiger partial charge in [-0.3, -0.25) is 9.59 Å². The Bertz CT molecular complexity index is 596. The van der Waals surface area contributed by atoms with Crippen LogP contribution in [-0.2, 0) is 4.79 Å². The lowest BCUT2D eigenvalue weighted by Crippen LogP contribution is -2.26. The van der Waals surface area contributed by atoms with Gasteiger partial charge in [-0.15, -0.1) is 11.3 Å². The van der Waals surface area contributed by atoms with Crippen molar-refractivity contribution in [3.05, 3.63) is 58.3 Å². The largest absolute Gasteiger partial charge is 0.388 e. The summed E-state index contributed by atoms with van der Waals surface area (Å²) >= 11 is 1.39. The van der Waals surface area contributed by atoms with Gasteiger partial charge < -0.3 is 10.4 Å². The van der Waals surface area contributed by atoms with E-state index in [0.29, 0.717) is 17.8 Å². The van der Waals surface area contributed by atoms with Crippen LogP contribution in [0.15, 0.2) is 47.8 Å². The molecule has 2 N–H and O–H groups in total. The van der Waals surface area contributed by atoms with E-state index in [9.17, 15) is 14.7 Å². The fourth-order valence-electron chi connectivity index (χ4n) is 2.07. The van der Waals surface area contributed by atoms with Crippen LogP contribution >= 0.6 is 11.3 Å². The second-order valence-corrected chi connectivity index (χ2v) is 5.91. The van der Waals surface area contributed by atoms with Crippen LogP contribution in [0.4, 0.5) is 0 Å². The molecule has 1 aromatic heterocycles. The van der Waals surface area contributed by atoms with Gasteiger partial charge in [0, 0.05) is 19.4 Å². The maximum absolute atomic E-state index is 11.8. The average Bonchev–Trinajstić information content (AvgIpc) is 3.08. The summed E-state index contributed by atoms with van der Waals surface area (Å²) in [7, 11) is 0. The first-order valence-electron chi connectivity index (χ1n) is 7.23. The maximum atomic E-state index is 11.8. The molecule has 1 amide bonds. The predicted molar refractivity (Wildman–Crippen MR) is 86.9 cm³/mol. The van der Waals surface area contributed by atoms with Gasteiger partial charge in [0.2, 0.25) is 5.91 Å². The Hall–Kier alpha value is -1.98. The number of aliphatic hydroxyl groups excluding tert-OH is 1. The second-order valence-electron chi connectivity index (χ2n) is 4.97. The molecule has 1 atom stereocenters. The molecule has 0 spiro atoms. The molecule has 2 rings (SSSR count). The molecule has 0 fully saturated rings. The lowest BCUT2D eigenvalue weighted by Gasteiger charge is -2.11. The molecule has 1 aromatic carbocycles. The number of ketones is 1. The van der Waals surface area contributed by atoms with Crippen LogP contribution in [0.1, 0.15) is 40.6 Å². The molecule has 0 aliphatic carbocycles. The number of hydrogen-bond donors (Lipinski definition) is 2. The molecule has 2 aromatic rings. The zero-order valence-corrected chi connectivity index (χ0v) is 13.0. The highest BCUT2D eigenvalue weighted by Crippen LogP contribution is 2.15. The highest BCUT2D eigenvalue weighted by Gasteiger charge is 2.11. The Morgan fingerprint density at radius 2 is 1.86 bits per heavy atom. The predicted octanol–water partition coefficient (Wildman–Crippen LogP) is 2.95. The molecular formula is C17H19NO3S. The number of amides is 1. The Balaban J connectivity index is 1.65. The number of rotatable bonds is 8. The second kappa shape index (κ2) is 8.46. The highest BCUT2D eigenvalue weighted by atomic mass is 32.1. The molecule has 22 heavy (non-hydrogen) atoms. The summed E-state index contributed by atoms with van der Waals surface area (Å²) in [6.45, 7) is 0.391. The van der Waals surface area contributed by atoms with Gasteiger partial charge in [0.25, 0.3) is 0 Å². The van der Waals surface area contributed by atoms with Gasteiger partial charge in [-0.05, 0) is 23.4 Å². The minimum atomic E-state index is -0.589. The third kappa shape index (κ3) is 5.09. The quantitative estimate of drug-likeness (QED) is 0.736. The summed E-state index contributed by atoms with van der Waals surface area (Å²) < 4.78 is 0. The fraction of sp³-hybridized carbons (Fsp3) is 0.294. The van der Waals surface area contributed by atoms with Crippen molar-refractivity contribution in [3.63, 3.8) is 0 Å². The van der Waals surface area contributed by atoms with Gasteiger partial charge in [0.1, 0.15) is 0 Å². The van der Waals surface area contributed by atoms with Gasteiger partial charge in [-0.25, -0.2) is 0 Å². The summed E-state index contributed by atoms with van der Waals surface area (Å²) in [6, 6.07) is 12.9. The summed E-state index contributed by atoms with van der Waals surface area (Å²) in [5.41, 5.74) is 0.838. The minimum absolute atomic E-state index is 0.00512. The number of thiophene rings is 1. The molecule has 1 unspecified atom stereocenters. The topological polar surface area (TPSA) is 66.4 Å². The molecule has 1 heterocycles. The average molecular weight is 317 g/mol. The van der Waals surface area contributed by atoms with Crippen molar-refractivity contribution in [1.29, 1.82) is 0 Å². The molecule has 0 radical (unpaired) electrons. The molecule has 5 heteroatoms. The summed E-state index contributed by atoms with van der Waals surface area (Å²) in [6.07, 6.45) is 0.259. The van der Waals surface area contributed by atoms with Gasteiger partial charge in [0.05, 0.1) is 11.0 Å². The Labute approximate surface area is 133 Å². The van der Waals surface area contributed by atoms with E-state index in [1.807, 2.05) is 41.8 Å². The van der Waals surface area contributed by atoms with Crippen LogP contribution in [-0.4, -0.2) is 23.3 Å². The third-order valence-corrected chi connectivity index (χ3v) is 4.21. The number of carbonyl (C=O) groups is 2. The Morgan fingerprint density at radius 3 is 2.55 bits per heavy atom. The third-order valence-electron chi connectivity index (χ3n) is 3.30. The Kier molecular flexibility index (Phi) is 6.30. The van der Waals surface area contributed by atoms with Crippen LogP contribution in [0, 0.1) is 0 Å². The number of nitrogens with one attached hydrogen (secondary N) is 1. The number of benzene rings is 1. The van der Waals surface area contributed by atoms with E-state index in [1.165, 1.54) is 11.3 Å². The van der Waals surface area contributed by atoms with E-state index in [4.69, 9.17) is 0 Å². The van der Waals surface area contributed by atoms with Crippen LogP contribution in [0.25, 0.3) is 0 Å². The van der Waals surface area contributed by atoms with Crippen molar-refractivity contribution >= 4 is 23.0 Å². The van der Waals surface area contributed by atoms with Gasteiger partial charge in [-0.1, -0.05) is 36.4 Å². The first kappa shape index (κ1) is 16.4.